The summed E-state index contributed by atoms with van der Waals surface area (Å²) in [5.41, 5.74) is 7.23. The Bertz CT molecular complexity index is 6070. The molecule has 1 saturated heterocycles. The molecule has 31 heteroatoms. The summed E-state index contributed by atoms with van der Waals surface area (Å²) in [6.45, 7) is 27.5. The van der Waals surface area contributed by atoms with Gasteiger partial charge in [0.05, 0.1) is 89.5 Å². The number of fused-ring (bicyclic) bond motifs is 3. The Morgan fingerprint density at radius 3 is 1.13 bits per heavy atom. The molecule has 0 spiro atoms. The normalized spacial score (nSPS) is 13.0. The van der Waals surface area contributed by atoms with E-state index < -0.39 is 82.4 Å². The molecule has 9 aromatic heterocycles. The van der Waals surface area contributed by atoms with Crippen LogP contribution in [0.3, 0.4) is 0 Å². The van der Waals surface area contributed by atoms with Crippen LogP contribution in [0, 0.1) is 88.1 Å². The van der Waals surface area contributed by atoms with Crippen LogP contribution >= 0.6 is 0 Å². The van der Waals surface area contributed by atoms with Crippen LogP contribution in [0.5, 0.6) is 23.0 Å². The molecule has 1 fully saturated rings. The van der Waals surface area contributed by atoms with Crippen molar-refractivity contribution in [1.82, 2.24) is 44.1 Å². The van der Waals surface area contributed by atoms with Gasteiger partial charge in [0.25, 0.3) is 0 Å². The Balaban J connectivity index is 0.000000151. The van der Waals surface area contributed by atoms with Gasteiger partial charge in [-0.15, -0.1) is 0 Å². The molecule has 594 valence electrons. The largest absolute Gasteiger partial charge is 0.497 e. The topological polar surface area (TPSA) is 251 Å². The number of aromatic nitrogens is 9. The third-order valence-electron chi connectivity index (χ3n) is 19.8. The van der Waals surface area contributed by atoms with Crippen LogP contribution < -0.4 is 24.4 Å². The molecule has 5 aromatic carbocycles. The fourth-order valence-corrected chi connectivity index (χ4v) is 13.9. The van der Waals surface area contributed by atoms with Gasteiger partial charge in [0, 0.05) is 122 Å². The highest BCUT2D eigenvalue weighted by molar-refractivity contribution is 6.65. The Morgan fingerprint density at radius 1 is 0.443 bits per heavy atom. The number of pyridine rings is 3. The maximum absolute atomic E-state index is 16.0. The Morgan fingerprint density at radius 2 is 0.791 bits per heavy atom. The molecule has 14 aromatic rings. The summed E-state index contributed by atoms with van der Waals surface area (Å²) in [4.78, 5) is 38.4. The molecule has 1 N–H and O–H groups in total. The Kier molecular flexibility index (Phi) is 22.4. The van der Waals surface area contributed by atoms with Gasteiger partial charge in [-0.25, -0.2) is 59.7 Å². The average Bonchev–Trinajstić information content (AvgIpc) is 1.64. The Hall–Kier alpha value is -12.6. The van der Waals surface area contributed by atoms with Crippen molar-refractivity contribution < 1.29 is 96.4 Å². The number of benzene rings is 5. The number of hydrogen-bond donors (Lipinski definition) is 1. The van der Waals surface area contributed by atoms with Crippen molar-refractivity contribution in [3.8, 4) is 95.7 Å². The second-order valence-electron chi connectivity index (χ2n) is 27.7. The zero-order valence-corrected chi connectivity index (χ0v) is 65.1. The lowest BCUT2D eigenvalue weighted by atomic mass is 9.79. The van der Waals surface area contributed by atoms with Gasteiger partial charge in [-0.3, -0.25) is 13.7 Å². The molecule has 1 aliphatic rings. The highest BCUT2D eigenvalue weighted by Gasteiger charge is 2.53. The molecule has 15 rings (SSSR count). The number of halogens is 8. The standard InChI is InChI=1S/C31H28F3N3O5.C29H24F3N3O5.C24H24BF2N3O3/c1-6-39-25-13-21(31(38)41-8-3)28(34)29(40-7-2)27(25)22-15-37(24-10-9-19(32)12-23(24)33)30-20(22)11-18(14-35-30)26-16(4)36-42-17(26)5;1-5-38-23-11-19(29(36)37)26(32)27(39-6-2)25(23)20-13-35(22-8-7-17(30)10-21(22)31)28-18(20)9-16(12-33-28)24-14(3)34-40-15(24)4;1-13-21(14(2)31-29-13)15-9-17-18(25-32-23(3,4)24(5,6)33-25)12-30(22(17)28-11-15)20-8-7-16(26)10-19(20)27/h9-15H,6-8H2,1-5H3;7-13H,5-6H2,1-4H3,(H,36,37);7-12H,1-6H3. The Labute approximate surface area is 653 Å². The van der Waals surface area contributed by atoms with E-state index in [1.165, 1.54) is 45.7 Å². The molecule has 0 unspecified atom stereocenters. The average molecular weight is 1580 g/mol. The summed E-state index contributed by atoms with van der Waals surface area (Å²) < 4.78 is 179. The van der Waals surface area contributed by atoms with Gasteiger partial charge in [-0.1, -0.05) is 15.5 Å². The van der Waals surface area contributed by atoms with Crippen LogP contribution in [0.4, 0.5) is 35.1 Å². The number of carbonyl (C=O) groups is 2. The second-order valence-corrected chi connectivity index (χ2v) is 27.7. The van der Waals surface area contributed by atoms with Gasteiger partial charge < -0.3 is 51.7 Å². The molecule has 0 radical (unpaired) electrons. The fourth-order valence-electron chi connectivity index (χ4n) is 13.9. The number of nitrogens with zero attached hydrogens (tertiary/aromatic N) is 9. The van der Waals surface area contributed by atoms with Gasteiger partial charge in [-0.2, -0.15) is 0 Å². The van der Waals surface area contributed by atoms with E-state index >= 15 is 17.6 Å². The van der Waals surface area contributed by atoms with E-state index in [0.717, 1.165) is 64.2 Å². The minimum atomic E-state index is -1.50. The summed E-state index contributed by atoms with van der Waals surface area (Å²) in [6, 6.07) is 17.6. The SMILES string of the molecule is CCOC(=O)c1cc(OCC)c(-c2cn(-c3ccc(F)cc3F)c3ncc(-c4c(C)noc4C)cc23)c(OCC)c1F.CCOc1cc(C(=O)O)c(F)c(OCC)c1-c1cn(-c2ccc(F)cc2F)c2ncc(-c3c(C)noc3C)cc12.Cc1noc(C)c1-c1cnc2c(c1)c(B1OC(C)(C)C(C)(C)O1)cn2-c1ccc(F)cc1F. The van der Waals surface area contributed by atoms with Gasteiger partial charge in [0.1, 0.15) is 91.8 Å². The first-order valence-corrected chi connectivity index (χ1v) is 36.5. The minimum absolute atomic E-state index is 0.00575. The highest BCUT2D eigenvalue weighted by atomic mass is 19.2. The van der Waals surface area contributed by atoms with Crippen molar-refractivity contribution in [2.24, 2.45) is 0 Å². The van der Waals surface area contributed by atoms with E-state index in [1.54, 1.807) is 110 Å². The van der Waals surface area contributed by atoms with Crippen LogP contribution in [0.25, 0.3) is 106 Å². The first-order valence-electron chi connectivity index (χ1n) is 36.5. The van der Waals surface area contributed by atoms with Gasteiger partial charge in [0.2, 0.25) is 0 Å². The quantitative estimate of drug-likeness (QED) is 0.0423. The maximum Gasteiger partial charge on any atom is 0.497 e. The second kappa shape index (κ2) is 32.1. The zero-order chi connectivity index (χ0) is 82.5. The number of carboxylic acid groups (broad SMARTS) is 1. The van der Waals surface area contributed by atoms with E-state index in [2.05, 4.69) is 30.4 Å². The fraction of sp³-hybridized carbons (Fsp3) is 0.262. The van der Waals surface area contributed by atoms with Gasteiger partial charge in [0.15, 0.2) is 23.1 Å². The third kappa shape index (κ3) is 15.0. The van der Waals surface area contributed by atoms with Crippen molar-refractivity contribution in [1.29, 1.82) is 0 Å². The van der Waals surface area contributed by atoms with Crippen LogP contribution in [-0.2, 0) is 14.0 Å². The number of aryl methyl sites for hydroxylation is 6. The predicted octanol–water partition coefficient (Wildman–Crippen LogP) is 19.1. The molecule has 115 heavy (non-hydrogen) atoms. The molecule has 10 heterocycles. The lowest BCUT2D eigenvalue weighted by Crippen LogP contribution is -2.41. The van der Waals surface area contributed by atoms with Crippen LogP contribution in [0.15, 0.2) is 136 Å². The number of carbonyl (C=O) groups excluding carboxylic acids is 1. The predicted molar refractivity (Wildman–Crippen MR) is 412 cm³/mol. The van der Waals surface area contributed by atoms with E-state index in [0.29, 0.717) is 84.0 Å². The van der Waals surface area contributed by atoms with E-state index in [-0.39, 0.29) is 95.4 Å². The summed E-state index contributed by atoms with van der Waals surface area (Å²) in [7, 11) is -0.691. The summed E-state index contributed by atoms with van der Waals surface area (Å²) in [5, 5.41) is 23.3. The first-order chi connectivity index (χ1) is 54.8. The summed E-state index contributed by atoms with van der Waals surface area (Å²) >= 11 is 0. The summed E-state index contributed by atoms with van der Waals surface area (Å²) in [6.07, 6.45) is 9.65. The monoisotopic (exact) mass is 1580 g/mol. The number of esters is 1. The van der Waals surface area contributed by atoms with E-state index in [1.807, 2.05) is 47.6 Å². The maximum atomic E-state index is 16.0. The molecular weight excluding hydrogens is 1510 g/mol. The van der Waals surface area contributed by atoms with Crippen molar-refractivity contribution in [3.63, 3.8) is 0 Å². The molecule has 0 amide bonds. The van der Waals surface area contributed by atoms with Gasteiger partial charge >= 0.3 is 19.1 Å². The van der Waals surface area contributed by atoms with Crippen molar-refractivity contribution in [2.45, 2.75) is 115 Å². The number of hydrogen-bond acceptors (Lipinski definition) is 18. The molecule has 22 nitrogen and oxygen atoms in total. The molecule has 0 aliphatic carbocycles. The lowest BCUT2D eigenvalue weighted by molar-refractivity contribution is 0.00578. The van der Waals surface area contributed by atoms with Crippen LogP contribution in [0.2, 0.25) is 0 Å². The minimum Gasteiger partial charge on any atom is -0.493 e. The van der Waals surface area contributed by atoms with Crippen LogP contribution in [0.1, 0.15) is 117 Å². The number of ether oxygens (including phenoxy) is 5. The first kappa shape index (κ1) is 80.4. The molecule has 0 atom stereocenters. The highest BCUT2D eigenvalue weighted by Crippen LogP contribution is 2.50. The smallest absolute Gasteiger partial charge is 0.493 e. The molecule has 1 aliphatic heterocycles. The molecule has 0 bridgehead atoms. The number of rotatable bonds is 20. The van der Waals surface area contributed by atoms with Crippen molar-refractivity contribution >= 4 is 57.6 Å². The van der Waals surface area contributed by atoms with E-state index in [9.17, 15) is 32.3 Å². The van der Waals surface area contributed by atoms with Crippen molar-refractivity contribution in [2.75, 3.05) is 33.0 Å². The molecule has 0 saturated carbocycles. The molecular formula is C84H76BF8N9O13. The number of carboxylic acids is 1. The van der Waals surface area contributed by atoms with Crippen molar-refractivity contribution in [3.05, 3.63) is 214 Å². The van der Waals surface area contributed by atoms with E-state index in [4.69, 9.17) is 46.6 Å². The lowest BCUT2D eigenvalue weighted by Gasteiger charge is -2.32. The third-order valence-corrected chi connectivity index (χ3v) is 19.8. The number of aromatic carboxylic acids is 1. The zero-order valence-electron chi connectivity index (χ0n) is 65.1. The van der Waals surface area contributed by atoms with Gasteiger partial charge in [-0.05, 0) is 171 Å². The van der Waals surface area contributed by atoms with Crippen LogP contribution in [-0.4, -0.2) is 113 Å². The summed E-state index contributed by atoms with van der Waals surface area (Å²) in [5.74, 6) is -7.49.